The zero-order valence-electron chi connectivity index (χ0n) is 14.6. The summed E-state index contributed by atoms with van der Waals surface area (Å²) in [5.41, 5.74) is 2.81. The highest BCUT2D eigenvalue weighted by Gasteiger charge is 2.47. The summed E-state index contributed by atoms with van der Waals surface area (Å²) < 4.78 is 0. The topological polar surface area (TPSA) is 18.5 Å². The van der Waals surface area contributed by atoms with E-state index in [2.05, 4.69) is 89.9 Å². The Bertz CT molecular complexity index is 600. The highest BCUT2D eigenvalue weighted by Crippen LogP contribution is 2.46. The van der Waals surface area contributed by atoms with Gasteiger partial charge < -0.3 is 5.32 Å². The van der Waals surface area contributed by atoms with Gasteiger partial charge in [0.15, 0.2) is 0 Å². The normalized spacial score (nSPS) is 29.3. The maximum atomic E-state index is 3.72. The molecule has 0 radical (unpaired) electrons. The highest BCUT2D eigenvalue weighted by atomic mass is 15.5. The first-order valence-electron chi connectivity index (χ1n) is 9.04. The second-order valence-electron chi connectivity index (χ2n) is 7.16. The molecule has 0 spiro atoms. The van der Waals surface area contributed by atoms with E-state index in [1.807, 2.05) is 0 Å². The lowest BCUT2D eigenvalue weighted by molar-refractivity contribution is 0.124. The van der Waals surface area contributed by atoms with Crippen molar-refractivity contribution in [2.75, 3.05) is 20.6 Å². The Kier molecular flexibility index (Phi) is 4.40. The van der Waals surface area contributed by atoms with Crippen LogP contribution in [0.4, 0.5) is 0 Å². The Morgan fingerprint density at radius 3 is 1.71 bits per heavy atom. The monoisotopic (exact) mass is 321 g/mol. The van der Waals surface area contributed by atoms with Gasteiger partial charge in [0.25, 0.3) is 0 Å². The van der Waals surface area contributed by atoms with Crippen molar-refractivity contribution in [3.63, 3.8) is 0 Å². The van der Waals surface area contributed by atoms with Gasteiger partial charge in [0.1, 0.15) is 0 Å². The molecule has 1 N–H and O–H groups in total. The first-order chi connectivity index (χ1) is 11.8. The Labute approximate surface area is 145 Å². The summed E-state index contributed by atoms with van der Waals surface area (Å²) >= 11 is 0. The number of rotatable bonds is 3. The number of nitrogens with zero attached hydrogens (tertiary/aromatic N) is 2. The summed E-state index contributed by atoms with van der Waals surface area (Å²) in [5, 5.41) is 3.72. The minimum Gasteiger partial charge on any atom is -0.311 e. The molecule has 0 unspecified atom stereocenters. The van der Waals surface area contributed by atoms with Crippen LogP contribution >= 0.6 is 0 Å². The first-order valence-corrected chi connectivity index (χ1v) is 9.04. The van der Waals surface area contributed by atoms with E-state index in [-0.39, 0.29) is 0 Å². The largest absolute Gasteiger partial charge is 0.311 e. The molecule has 2 fully saturated rings. The smallest absolute Gasteiger partial charge is 0.0787 e. The zero-order valence-corrected chi connectivity index (χ0v) is 14.6. The van der Waals surface area contributed by atoms with Crippen molar-refractivity contribution in [3.8, 4) is 0 Å². The molecule has 2 heterocycles. The van der Waals surface area contributed by atoms with Crippen LogP contribution in [0.15, 0.2) is 60.7 Å². The van der Waals surface area contributed by atoms with Crippen LogP contribution < -0.4 is 5.32 Å². The Morgan fingerprint density at radius 1 is 0.792 bits per heavy atom. The molecule has 2 aliphatic rings. The van der Waals surface area contributed by atoms with Crippen molar-refractivity contribution in [3.05, 3.63) is 71.8 Å². The predicted molar refractivity (Wildman–Crippen MR) is 98.7 cm³/mol. The minimum absolute atomic E-state index is 0.381. The van der Waals surface area contributed by atoms with E-state index >= 15 is 0 Å². The minimum atomic E-state index is 0.381. The van der Waals surface area contributed by atoms with Crippen molar-refractivity contribution in [1.82, 2.24) is 15.1 Å². The third-order valence-electron chi connectivity index (χ3n) is 5.75. The second kappa shape index (κ2) is 6.67. The number of nitrogens with one attached hydrogen (secondary N) is 1. The average molecular weight is 321 g/mol. The van der Waals surface area contributed by atoms with Gasteiger partial charge >= 0.3 is 0 Å². The molecular weight excluding hydrogens is 294 g/mol. The predicted octanol–water partition coefficient (Wildman–Crippen LogP) is 3.42. The molecule has 0 saturated carbocycles. The van der Waals surface area contributed by atoms with E-state index < -0.39 is 0 Å². The fourth-order valence-electron chi connectivity index (χ4n) is 4.73. The Balaban J connectivity index is 1.75. The van der Waals surface area contributed by atoms with Gasteiger partial charge in [-0.3, -0.25) is 9.80 Å². The molecule has 4 rings (SSSR count). The second-order valence-corrected chi connectivity index (χ2v) is 7.16. The summed E-state index contributed by atoms with van der Waals surface area (Å²) in [6, 6.07) is 23.3. The van der Waals surface area contributed by atoms with Crippen LogP contribution in [-0.4, -0.2) is 42.6 Å². The summed E-state index contributed by atoms with van der Waals surface area (Å²) in [6.07, 6.45) is 2.99. The molecule has 0 amide bonds. The molecule has 0 bridgehead atoms. The molecule has 2 aromatic rings. The van der Waals surface area contributed by atoms with E-state index in [9.17, 15) is 0 Å². The van der Waals surface area contributed by atoms with Crippen LogP contribution in [0.1, 0.15) is 36.1 Å². The van der Waals surface area contributed by atoms with Crippen molar-refractivity contribution in [2.24, 2.45) is 0 Å². The molecule has 3 nitrogen and oxygen atoms in total. The zero-order chi connectivity index (χ0) is 16.5. The van der Waals surface area contributed by atoms with Crippen molar-refractivity contribution in [2.45, 2.75) is 37.1 Å². The highest BCUT2D eigenvalue weighted by molar-refractivity contribution is 5.30. The van der Waals surface area contributed by atoms with Gasteiger partial charge in [-0.25, -0.2) is 0 Å². The van der Waals surface area contributed by atoms with Crippen molar-refractivity contribution in [1.29, 1.82) is 0 Å². The van der Waals surface area contributed by atoms with Crippen molar-refractivity contribution < 1.29 is 0 Å². The van der Waals surface area contributed by atoms with E-state index in [0.717, 1.165) is 6.54 Å². The number of benzene rings is 2. The fourth-order valence-corrected chi connectivity index (χ4v) is 4.73. The van der Waals surface area contributed by atoms with Gasteiger partial charge in [-0.15, -0.1) is 0 Å². The standard InChI is InChI=1S/C21H27N3/c1-23-19(16-10-5-3-6-11-16)20(17-12-7-4-8-13-17)24(2)21(23)18-14-9-15-22-18/h3-8,10-13,18-22H,9,14-15H2,1-2H3/t18-,19+,20+/m0/s1. The average Bonchev–Trinajstić information content (AvgIpc) is 3.22. The van der Waals surface area contributed by atoms with Crippen LogP contribution in [0.5, 0.6) is 0 Å². The molecule has 126 valence electrons. The quantitative estimate of drug-likeness (QED) is 0.934. The SMILES string of the molecule is CN1C([C@@H]2CCCN2)N(C)[C@H](c2ccccc2)[C@H]1c1ccccc1. The molecule has 3 atom stereocenters. The Morgan fingerprint density at radius 2 is 1.29 bits per heavy atom. The molecule has 2 aliphatic heterocycles. The maximum absolute atomic E-state index is 3.72. The summed E-state index contributed by atoms with van der Waals surface area (Å²) in [4.78, 5) is 5.16. The van der Waals surface area contributed by atoms with Crippen LogP contribution in [0.25, 0.3) is 0 Å². The van der Waals surface area contributed by atoms with Gasteiger partial charge in [-0.1, -0.05) is 60.7 Å². The van der Waals surface area contributed by atoms with Crippen LogP contribution in [-0.2, 0) is 0 Å². The third-order valence-corrected chi connectivity index (χ3v) is 5.75. The maximum Gasteiger partial charge on any atom is 0.0787 e. The molecular formula is C21H27N3. The van der Waals surface area contributed by atoms with Crippen LogP contribution in [0.3, 0.4) is 0 Å². The van der Waals surface area contributed by atoms with Gasteiger partial charge in [0.2, 0.25) is 0 Å². The number of hydrogen-bond acceptors (Lipinski definition) is 3. The number of likely N-dealkylation sites (N-methyl/N-ethyl adjacent to an activating group) is 2. The van der Waals surface area contributed by atoms with E-state index in [1.54, 1.807) is 0 Å². The van der Waals surface area contributed by atoms with Gasteiger partial charge in [-0.2, -0.15) is 0 Å². The molecule has 0 aromatic heterocycles. The first kappa shape index (κ1) is 15.8. The summed E-state index contributed by atoms with van der Waals surface area (Å²) in [7, 11) is 4.59. The van der Waals surface area contributed by atoms with E-state index in [1.165, 1.54) is 24.0 Å². The van der Waals surface area contributed by atoms with Crippen LogP contribution in [0.2, 0.25) is 0 Å². The molecule has 0 aliphatic carbocycles. The van der Waals surface area contributed by atoms with Gasteiger partial charge in [0, 0.05) is 6.04 Å². The number of hydrogen-bond donors (Lipinski definition) is 1. The lowest BCUT2D eigenvalue weighted by Gasteiger charge is -2.32. The molecule has 3 heteroatoms. The lowest BCUT2D eigenvalue weighted by Crippen LogP contribution is -2.49. The lowest BCUT2D eigenvalue weighted by atomic mass is 9.93. The van der Waals surface area contributed by atoms with Gasteiger partial charge in [0.05, 0.1) is 18.2 Å². The molecule has 24 heavy (non-hydrogen) atoms. The Hall–Kier alpha value is -1.68. The van der Waals surface area contributed by atoms with E-state index in [4.69, 9.17) is 0 Å². The molecule has 2 saturated heterocycles. The summed E-state index contributed by atoms with van der Waals surface area (Å²) in [5.74, 6) is 0. The van der Waals surface area contributed by atoms with E-state index in [0.29, 0.717) is 24.3 Å². The molecule has 2 aromatic carbocycles. The van der Waals surface area contributed by atoms with Crippen molar-refractivity contribution >= 4 is 0 Å². The summed E-state index contributed by atoms with van der Waals surface area (Å²) in [6.45, 7) is 1.15. The van der Waals surface area contributed by atoms with Crippen LogP contribution in [0, 0.1) is 0 Å². The fraction of sp³-hybridized carbons (Fsp3) is 0.429. The van der Waals surface area contributed by atoms with Gasteiger partial charge in [-0.05, 0) is 44.6 Å². The third kappa shape index (κ3) is 2.67.